The lowest BCUT2D eigenvalue weighted by Crippen LogP contribution is -2.49. The Bertz CT molecular complexity index is 442. The molecule has 1 N–H and O–H groups in total. The zero-order chi connectivity index (χ0) is 13.2. The van der Waals surface area contributed by atoms with Crippen LogP contribution in [0.1, 0.15) is 32.8 Å². The van der Waals surface area contributed by atoms with E-state index in [2.05, 4.69) is 49.2 Å². The lowest BCUT2D eigenvalue weighted by atomic mass is 10.0. The second-order valence-electron chi connectivity index (χ2n) is 5.69. The summed E-state index contributed by atoms with van der Waals surface area (Å²) < 4.78 is 0. The van der Waals surface area contributed by atoms with Gasteiger partial charge in [0.25, 0.3) is 0 Å². The summed E-state index contributed by atoms with van der Waals surface area (Å²) in [6.07, 6.45) is 1.14. The van der Waals surface area contributed by atoms with Gasteiger partial charge in [0.15, 0.2) is 0 Å². The van der Waals surface area contributed by atoms with Crippen molar-refractivity contribution in [2.45, 2.75) is 38.8 Å². The second kappa shape index (κ2) is 4.99. The molecule has 0 aliphatic carbocycles. The Morgan fingerprint density at radius 1 is 1.33 bits per heavy atom. The molecule has 1 unspecified atom stereocenters. The van der Waals surface area contributed by atoms with Crippen molar-refractivity contribution in [2.75, 3.05) is 18.0 Å². The molecule has 1 aromatic carbocycles. The maximum Gasteiger partial charge on any atom is 0.0991 e. The van der Waals surface area contributed by atoms with E-state index < -0.39 is 0 Å². The Morgan fingerprint density at radius 2 is 2.00 bits per heavy atom. The zero-order valence-electron chi connectivity index (χ0n) is 11.4. The molecular weight excluding hydrogens is 222 g/mol. The van der Waals surface area contributed by atoms with Gasteiger partial charge in [-0.05, 0) is 51.5 Å². The summed E-state index contributed by atoms with van der Waals surface area (Å²) >= 11 is 0. The van der Waals surface area contributed by atoms with Crippen molar-refractivity contribution in [3.05, 3.63) is 29.8 Å². The first-order chi connectivity index (χ1) is 8.53. The van der Waals surface area contributed by atoms with Gasteiger partial charge in [0.2, 0.25) is 0 Å². The topological polar surface area (TPSA) is 39.1 Å². The van der Waals surface area contributed by atoms with Crippen LogP contribution in [0.15, 0.2) is 24.3 Å². The average Bonchev–Trinajstić information content (AvgIpc) is 2.49. The van der Waals surface area contributed by atoms with Gasteiger partial charge in [-0.3, -0.25) is 0 Å². The third-order valence-corrected chi connectivity index (χ3v) is 3.71. The standard InChI is InChI=1S/C15H21N3/c1-12-8-9-18(15(2,3)11-17-12)14-6-4-13(10-16)5-7-14/h4-7,12,17H,8-9,11H2,1-3H3. The van der Waals surface area contributed by atoms with E-state index in [-0.39, 0.29) is 5.54 Å². The molecule has 0 aromatic heterocycles. The number of nitriles is 1. The lowest BCUT2D eigenvalue weighted by molar-refractivity contribution is 0.447. The molecule has 3 nitrogen and oxygen atoms in total. The largest absolute Gasteiger partial charge is 0.365 e. The molecule has 1 heterocycles. The molecule has 96 valence electrons. The van der Waals surface area contributed by atoms with E-state index in [1.54, 1.807) is 0 Å². The molecule has 1 saturated heterocycles. The van der Waals surface area contributed by atoms with Crippen LogP contribution in [0.5, 0.6) is 0 Å². The zero-order valence-corrected chi connectivity index (χ0v) is 11.4. The number of nitrogens with one attached hydrogen (secondary N) is 1. The average molecular weight is 243 g/mol. The molecule has 0 saturated carbocycles. The monoisotopic (exact) mass is 243 g/mol. The van der Waals surface area contributed by atoms with Gasteiger partial charge >= 0.3 is 0 Å². The highest BCUT2D eigenvalue weighted by Crippen LogP contribution is 2.26. The van der Waals surface area contributed by atoms with E-state index in [9.17, 15) is 0 Å². The van der Waals surface area contributed by atoms with Crippen LogP contribution < -0.4 is 10.2 Å². The molecule has 1 aliphatic heterocycles. The van der Waals surface area contributed by atoms with Crippen molar-refractivity contribution in [3.8, 4) is 6.07 Å². The molecule has 0 spiro atoms. The van der Waals surface area contributed by atoms with Gasteiger partial charge in [0.1, 0.15) is 0 Å². The highest BCUT2D eigenvalue weighted by atomic mass is 15.2. The van der Waals surface area contributed by atoms with Crippen LogP contribution in [-0.2, 0) is 0 Å². The van der Waals surface area contributed by atoms with E-state index in [1.165, 1.54) is 5.69 Å². The summed E-state index contributed by atoms with van der Waals surface area (Å²) in [6.45, 7) is 8.78. The molecule has 1 aromatic rings. The first kappa shape index (κ1) is 12.9. The number of hydrogen-bond donors (Lipinski definition) is 1. The summed E-state index contributed by atoms with van der Waals surface area (Å²) in [5, 5.41) is 12.4. The third kappa shape index (κ3) is 2.65. The highest BCUT2D eigenvalue weighted by Gasteiger charge is 2.30. The normalized spacial score (nSPS) is 23.2. The van der Waals surface area contributed by atoms with Gasteiger partial charge in [-0.2, -0.15) is 5.26 Å². The molecule has 1 aliphatic rings. The van der Waals surface area contributed by atoms with Crippen molar-refractivity contribution in [2.24, 2.45) is 0 Å². The van der Waals surface area contributed by atoms with Gasteiger partial charge in [-0.15, -0.1) is 0 Å². The third-order valence-electron chi connectivity index (χ3n) is 3.71. The second-order valence-corrected chi connectivity index (χ2v) is 5.69. The van der Waals surface area contributed by atoms with Gasteiger partial charge < -0.3 is 10.2 Å². The van der Waals surface area contributed by atoms with E-state index >= 15 is 0 Å². The molecule has 3 heteroatoms. The Balaban J connectivity index is 2.26. The van der Waals surface area contributed by atoms with Crippen molar-refractivity contribution in [1.29, 1.82) is 5.26 Å². The van der Waals surface area contributed by atoms with Crippen molar-refractivity contribution < 1.29 is 0 Å². The van der Waals surface area contributed by atoms with E-state index in [0.29, 0.717) is 6.04 Å². The van der Waals surface area contributed by atoms with Crippen molar-refractivity contribution in [1.82, 2.24) is 5.32 Å². The van der Waals surface area contributed by atoms with Crippen LogP contribution in [0, 0.1) is 11.3 Å². The molecule has 0 bridgehead atoms. The van der Waals surface area contributed by atoms with Crippen LogP contribution in [0.4, 0.5) is 5.69 Å². The molecule has 1 atom stereocenters. The van der Waals surface area contributed by atoms with Gasteiger partial charge in [-0.1, -0.05) is 0 Å². The van der Waals surface area contributed by atoms with Gasteiger partial charge in [0.05, 0.1) is 11.6 Å². The SMILES string of the molecule is CC1CCN(c2ccc(C#N)cc2)C(C)(C)CN1. The summed E-state index contributed by atoms with van der Waals surface area (Å²) in [7, 11) is 0. The first-order valence-corrected chi connectivity index (χ1v) is 6.54. The van der Waals surface area contributed by atoms with Gasteiger partial charge in [-0.25, -0.2) is 0 Å². The Labute approximate surface area is 109 Å². The predicted molar refractivity (Wildman–Crippen MR) is 74.7 cm³/mol. The fourth-order valence-electron chi connectivity index (χ4n) is 2.44. The highest BCUT2D eigenvalue weighted by molar-refractivity contribution is 5.52. The first-order valence-electron chi connectivity index (χ1n) is 6.54. The number of nitrogens with zero attached hydrogens (tertiary/aromatic N) is 2. The van der Waals surface area contributed by atoms with Crippen LogP contribution in [-0.4, -0.2) is 24.7 Å². The quantitative estimate of drug-likeness (QED) is 0.823. The van der Waals surface area contributed by atoms with E-state index in [1.807, 2.05) is 12.1 Å². The fourth-order valence-corrected chi connectivity index (χ4v) is 2.44. The number of benzene rings is 1. The summed E-state index contributed by atoms with van der Waals surface area (Å²) in [5.74, 6) is 0. The Kier molecular flexibility index (Phi) is 3.58. The lowest BCUT2D eigenvalue weighted by Gasteiger charge is -2.39. The van der Waals surface area contributed by atoms with E-state index in [4.69, 9.17) is 5.26 Å². The minimum atomic E-state index is 0.0962. The van der Waals surface area contributed by atoms with Crippen molar-refractivity contribution in [3.63, 3.8) is 0 Å². The van der Waals surface area contributed by atoms with Crippen LogP contribution >= 0.6 is 0 Å². The summed E-state index contributed by atoms with van der Waals surface area (Å²) in [5.41, 5.74) is 2.02. The van der Waals surface area contributed by atoms with Crippen molar-refractivity contribution >= 4 is 5.69 Å². The maximum absolute atomic E-state index is 8.85. The number of rotatable bonds is 1. The predicted octanol–water partition coefficient (Wildman–Crippen LogP) is 2.53. The fraction of sp³-hybridized carbons (Fsp3) is 0.533. The summed E-state index contributed by atoms with van der Waals surface area (Å²) in [6, 6.07) is 10.6. The smallest absolute Gasteiger partial charge is 0.0991 e. The molecule has 0 amide bonds. The molecule has 18 heavy (non-hydrogen) atoms. The van der Waals surface area contributed by atoms with Crippen LogP contribution in [0.2, 0.25) is 0 Å². The minimum absolute atomic E-state index is 0.0962. The maximum atomic E-state index is 8.85. The van der Waals surface area contributed by atoms with E-state index in [0.717, 1.165) is 25.1 Å². The van der Waals surface area contributed by atoms with Crippen LogP contribution in [0.3, 0.4) is 0 Å². The molecule has 2 rings (SSSR count). The molecule has 1 fully saturated rings. The number of hydrogen-bond acceptors (Lipinski definition) is 3. The van der Waals surface area contributed by atoms with Crippen LogP contribution in [0.25, 0.3) is 0 Å². The molecular formula is C15H21N3. The summed E-state index contributed by atoms with van der Waals surface area (Å²) in [4.78, 5) is 2.44. The minimum Gasteiger partial charge on any atom is -0.365 e. The van der Waals surface area contributed by atoms with Gasteiger partial charge in [0, 0.05) is 30.4 Å². The Hall–Kier alpha value is -1.53. The Morgan fingerprint density at radius 3 is 2.61 bits per heavy atom. The number of anilines is 1. The molecule has 0 radical (unpaired) electrons.